The first-order valence-electron chi connectivity index (χ1n) is 9.59. The smallest absolute Gasteiger partial charge is 0.272 e. The van der Waals surface area contributed by atoms with Crippen molar-refractivity contribution in [3.05, 3.63) is 111 Å². The van der Waals surface area contributed by atoms with Gasteiger partial charge >= 0.3 is 0 Å². The zero-order chi connectivity index (χ0) is 21.6. The zero-order valence-corrected chi connectivity index (χ0v) is 18.7. The van der Waals surface area contributed by atoms with Crippen molar-refractivity contribution in [3.8, 4) is 5.75 Å². The quantitative estimate of drug-likeness (QED) is 0.243. The van der Waals surface area contributed by atoms with Gasteiger partial charge in [-0.1, -0.05) is 82.1 Å². The minimum absolute atomic E-state index is 0.366. The number of amides is 1. The topological polar surface area (TPSA) is 50.7 Å². The summed E-state index contributed by atoms with van der Waals surface area (Å²) in [6.07, 6.45) is 1.60. The lowest BCUT2D eigenvalue weighted by Crippen LogP contribution is -2.18. The molecular formula is C25H18BrClN2O2. The molecule has 0 bridgehead atoms. The van der Waals surface area contributed by atoms with Crippen LogP contribution in [0.5, 0.6) is 5.75 Å². The number of fused-ring (bicyclic) bond motifs is 1. The van der Waals surface area contributed by atoms with Crippen molar-refractivity contribution in [1.82, 2.24) is 5.43 Å². The Morgan fingerprint density at radius 2 is 1.81 bits per heavy atom. The fourth-order valence-electron chi connectivity index (χ4n) is 3.18. The Morgan fingerprint density at radius 3 is 2.65 bits per heavy atom. The fourth-order valence-corrected chi connectivity index (χ4v) is 3.85. The summed E-state index contributed by atoms with van der Waals surface area (Å²) in [7, 11) is 0. The molecule has 0 heterocycles. The molecule has 0 saturated carbocycles. The Morgan fingerprint density at radius 1 is 1.00 bits per heavy atom. The highest BCUT2D eigenvalue weighted by atomic mass is 79.9. The number of rotatable bonds is 6. The van der Waals surface area contributed by atoms with Crippen LogP contribution in [0.4, 0.5) is 0 Å². The van der Waals surface area contributed by atoms with Crippen LogP contribution >= 0.6 is 27.5 Å². The van der Waals surface area contributed by atoms with Gasteiger partial charge in [0.25, 0.3) is 5.91 Å². The van der Waals surface area contributed by atoms with Gasteiger partial charge in [-0.25, -0.2) is 5.43 Å². The zero-order valence-electron chi connectivity index (χ0n) is 16.4. The molecule has 0 radical (unpaired) electrons. The van der Waals surface area contributed by atoms with Gasteiger partial charge < -0.3 is 4.74 Å². The number of halogens is 2. The van der Waals surface area contributed by atoms with Gasteiger partial charge in [0.15, 0.2) is 0 Å². The number of hydrazone groups is 1. The lowest BCUT2D eigenvalue weighted by atomic mass is 10.0. The summed E-state index contributed by atoms with van der Waals surface area (Å²) in [5.74, 6) is 0.299. The van der Waals surface area contributed by atoms with Crippen molar-refractivity contribution < 1.29 is 9.53 Å². The van der Waals surface area contributed by atoms with E-state index < -0.39 is 0 Å². The second-order valence-electron chi connectivity index (χ2n) is 6.80. The van der Waals surface area contributed by atoms with E-state index in [4.69, 9.17) is 16.3 Å². The van der Waals surface area contributed by atoms with Gasteiger partial charge in [-0.15, -0.1) is 0 Å². The fraction of sp³-hybridized carbons (Fsp3) is 0.0400. The van der Waals surface area contributed by atoms with Crippen LogP contribution in [-0.4, -0.2) is 12.1 Å². The summed E-state index contributed by atoms with van der Waals surface area (Å²) < 4.78 is 7.10. The van der Waals surface area contributed by atoms with Crippen LogP contribution in [0.2, 0.25) is 5.02 Å². The molecule has 0 aliphatic carbocycles. The van der Waals surface area contributed by atoms with Crippen LogP contribution in [0.15, 0.2) is 94.5 Å². The summed E-state index contributed by atoms with van der Waals surface area (Å²) >= 11 is 9.57. The lowest BCUT2D eigenvalue weighted by Gasteiger charge is -2.12. The Balaban J connectivity index is 1.60. The van der Waals surface area contributed by atoms with Gasteiger partial charge in [-0.05, 0) is 46.7 Å². The SMILES string of the molecule is O=C(N/N=C\c1c(OCc2cccc(Br)c2)ccc2ccccc12)c1ccccc1Cl. The first kappa shape index (κ1) is 21.1. The van der Waals surface area contributed by atoms with Crippen LogP contribution in [0.25, 0.3) is 10.8 Å². The highest BCUT2D eigenvalue weighted by Gasteiger charge is 2.10. The first-order valence-corrected chi connectivity index (χ1v) is 10.8. The average molecular weight is 494 g/mol. The second-order valence-corrected chi connectivity index (χ2v) is 8.12. The number of hydrogen-bond donors (Lipinski definition) is 1. The van der Waals surface area contributed by atoms with Crippen LogP contribution in [0.1, 0.15) is 21.5 Å². The van der Waals surface area contributed by atoms with Gasteiger partial charge in [0.1, 0.15) is 12.4 Å². The van der Waals surface area contributed by atoms with Crippen LogP contribution in [0, 0.1) is 0 Å². The minimum atomic E-state index is -0.376. The summed E-state index contributed by atoms with van der Waals surface area (Å²) in [6.45, 7) is 0.407. The third kappa shape index (κ3) is 5.13. The van der Waals surface area contributed by atoms with Crippen molar-refractivity contribution in [2.24, 2.45) is 5.10 Å². The molecule has 0 aliphatic heterocycles. The van der Waals surface area contributed by atoms with Gasteiger partial charge in [0.05, 0.1) is 16.8 Å². The maximum atomic E-state index is 12.4. The van der Waals surface area contributed by atoms with Crippen LogP contribution in [0.3, 0.4) is 0 Å². The highest BCUT2D eigenvalue weighted by molar-refractivity contribution is 9.10. The lowest BCUT2D eigenvalue weighted by molar-refractivity contribution is 0.0955. The van der Waals surface area contributed by atoms with E-state index in [1.807, 2.05) is 60.7 Å². The average Bonchev–Trinajstić information content (AvgIpc) is 2.78. The summed E-state index contributed by atoms with van der Waals surface area (Å²) in [5.41, 5.74) is 4.74. The number of hydrogen-bond acceptors (Lipinski definition) is 3. The summed E-state index contributed by atoms with van der Waals surface area (Å²) in [4.78, 5) is 12.4. The Bertz CT molecular complexity index is 1270. The molecule has 0 aromatic heterocycles. The number of nitrogens with one attached hydrogen (secondary N) is 1. The molecule has 0 atom stereocenters. The van der Waals surface area contributed by atoms with E-state index in [2.05, 4.69) is 26.5 Å². The van der Waals surface area contributed by atoms with Crippen molar-refractivity contribution in [1.29, 1.82) is 0 Å². The van der Waals surface area contributed by atoms with Crippen molar-refractivity contribution >= 4 is 50.4 Å². The van der Waals surface area contributed by atoms with Crippen molar-refractivity contribution in [2.45, 2.75) is 6.61 Å². The molecule has 4 nitrogen and oxygen atoms in total. The predicted molar refractivity (Wildman–Crippen MR) is 129 cm³/mol. The van der Waals surface area contributed by atoms with E-state index in [9.17, 15) is 4.79 Å². The van der Waals surface area contributed by atoms with Gasteiger partial charge in [-0.3, -0.25) is 4.79 Å². The Kier molecular flexibility index (Phi) is 6.65. The maximum absolute atomic E-state index is 12.4. The highest BCUT2D eigenvalue weighted by Crippen LogP contribution is 2.27. The Hall–Kier alpha value is -3.15. The number of benzene rings is 4. The van der Waals surface area contributed by atoms with Gasteiger partial charge in [-0.2, -0.15) is 5.10 Å². The summed E-state index contributed by atoms with van der Waals surface area (Å²) in [6, 6.07) is 26.7. The van der Waals surface area contributed by atoms with Crippen molar-refractivity contribution in [2.75, 3.05) is 0 Å². The predicted octanol–water partition coefficient (Wildman–Crippen LogP) is 6.60. The Labute approximate surface area is 193 Å². The van der Waals surface area contributed by atoms with Crippen molar-refractivity contribution in [3.63, 3.8) is 0 Å². The molecule has 4 aromatic carbocycles. The molecule has 1 amide bonds. The maximum Gasteiger partial charge on any atom is 0.272 e. The molecule has 6 heteroatoms. The van der Waals surface area contributed by atoms with Gasteiger partial charge in [0.2, 0.25) is 0 Å². The third-order valence-electron chi connectivity index (χ3n) is 4.69. The van der Waals surface area contributed by atoms with E-state index in [0.29, 0.717) is 22.9 Å². The minimum Gasteiger partial charge on any atom is -0.488 e. The largest absolute Gasteiger partial charge is 0.488 e. The number of carbonyl (C=O) groups is 1. The molecular weight excluding hydrogens is 476 g/mol. The standard InChI is InChI=1S/C25H18BrClN2O2/c26-19-8-5-6-17(14-19)16-31-24-13-12-18-7-1-2-9-20(18)22(24)15-28-29-25(30)21-10-3-4-11-23(21)27/h1-15H,16H2,(H,29,30)/b28-15-. The van der Waals surface area contributed by atoms with Gasteiger partial charge in [0, 0.05) is 10.0 Å². The normalized spacial score (nSPS) is 11.0. The summed E-state index contributed by atoms with van der Waals surface area (Å²) in [5, 5.41) is 6.57. The first-order chi connectivity index (χ1) is 15.1. The molecule has 4 rings (SSSR count). The van der Waals surface area contributed by atoms with E-state index >= 15 is 0 Å². The molecule has 0 fully saturated rings. The molecule has 0 aliphatic rings. The van der Waals surface area contributed by atoms with E-state index in [-0.39, 0.29) is 5.91 Å². The van der Waals surface area contributed by atoms with E-state index in [0.717, 1.165) is 26.4 Å². The number of ether oxygens (including phenoxy) is 1. The molecule has 0 unspecified atom stereocenters. The van der Waals surface area contributed by atoms with Crippen LogP contribution < -0.4 is 10.2 Å². The second kappa shape index (κ2) is 9.77. The number of carbonyl (C=O) groups excluding carboxylic acids is 1. The molecule has 154 valence electrons. The molecule has 4 aromatic rings. The molecule has 31 heavy (non-hydrogen) atoms. The number of nitrogens with zero attached hydrogens (tertiary/aromatic N) is 1. The van der Waals surface area contributed by atoms with E-state index in [1.165, 1.54) is 0 Å². The molecule has 1 N–H and O–H groups in total. The molecule has 0 spiro atoms. The van der Waals surface area contributed by atoms with Crippen LogP contribution in [-0.2, 0) is 6.61 Å². The van der Waals surface area contributed by atoms with E-state index in [1.54, 1.807) is 30.5 Å². The monoisotopic (exact) mass is 492 g/mol. The molecule has 0 saturated heterocycles. The third-order valence-corrected chi connectivity index (χ3v) is 5.52.